The Morgan fingerprint density at radius 2 is 1.57 bits per heavy atom. The zero-order valence-electron chi connectivity index (χ0n) is 13.8. The largest absolute Gasteiger partial charge is 0.0988 e. The summed E-state index contributed by atoms with van der Waals surface area (Å²) in [5.41, 5.74) is 7.04. The van der Waals surface area contributed by atoms with Gasteiger partial charge in [0.05, 0.1) is 0 Å². The maximum Gasteiger partial charge on any atom is 0.0345 e. The van der Waals surface area contributed by atoms with E-state index in [4.69, 9.17) is 0 Å². The van der Waals surface area contributed by atoms with Gasteiger partial charge in [-0.2, -0.15) is 0 Å². The van der Waals surface area contributed by atoms with Crippen LogP contribution in [0.4, 0.5) is 0 Å². The van der Waals surface area contributed by atoms with E-state index in [1.54, 1.807) is 0 Å². The van der Waals surface area contributed by atoms with Crippen LogP contribution < -0.4 is 0 Å². The van der Waals surface area contributed by atoms with Crippen molar-refractivity contribution in [3.05, 3.63) is 107 Å². The van der Waals surface area contributed by atoms with Crippen molar-refractivity contribution in [1.29, 1.82) is 0 Å². The SMILES string of the molecule is C=C/C(=C\C=C/CC)C1c2ccccc2CCc2ccccc21. The Morgan fingerprint density at radius 1 is 1.00 bits per heavy atom. The first-order chi connectivity index (χ1) is 11.3. The minimum Gasteiger partial charge on any atom is -0.0988 e. The van der Waals surface area contributed by atoms with Crippen molar-refractivity contribution < 1.29 is 0 Å². The summed E-state index contributed by atoms with van der Waals surface area (Å²) in [6.45, 7) is 6.25. The second-order valence-corrected chi connectivity index (χ2v) is 6.04. The molecule has 0 aliphatic heterocycles. The number of benzene rings is 2. The maximum atomic E-state index is 4.09. The number of allylic oxidation sites excluding steroid dienone is 5. The molecule has 0 saturated heterocycles. The van der Waals surface area contributed by atoms with Gasteiger partial charge in [0, 0.05) is 5.92 Å². The summed E-state index contributed by atoms with van der Waals surface area (Å²) in [6, 6.07) is 17.7. The standard InChI is InChI=1S/C23H24/c1-3-5-6-11-18(4-2)23-21-14-9-7-12-19(21)16-17-20-13-8-10-15-22(20)23/h4-15,23H,2-3,16-17H2,1H3/b6-5-,18-11+. The third-order valence-electron chi connectivity index (χ3n) is 4.63. The van der Waals surface area contributed by atoms with Crippen molar-refractivity contribution in [2.24, 2.45) is 0 Å². The lowest BCUT2D eigenvalue weighted by atomic mass is 9.82. The smallest absolute Gasteiger partial charge is 0.0345 e. The molecule has 0 N–H and O–H groups in total. The van der Waals surface area contributed by atoms with Crippen LogP contribution in [0.2, 0.25) is 0 Å². The summed E-state index contributed by atoms with van der Waals surface area (Å²) >= 11 is 0. The van der Waals surface area contributed by atoms with Gasteiger partial charge < -0.3 is 0 Å². The molecular weight excluding hydrogens is 276 g/mol. The van der Waals surface area contributed by atoms with Gasteiger partial charge in [0.1, 0.15) is 0 Å². The van der Waals surface area contributed by atoms with Gasteiger partial charge in [-0.15, -0.1) is 0 Å². The molecule has 23 heavy (non-hydrogen) atoms. The monoisotopic (exact) mass is 300 g/mol. The topological polar surface area (TPSA) is 0 Å². The number of fused-ring (bicyclic) bond motifs is 2. The molecule has 2 aromatic rings. The van der Waals surface area contributed by atoms with Crippen LogP contribution in [0, 0.1) is 0 Å². The maximum absolute atomic E-state index is 4.09. The Bertz CT molecular complexity index is 699. The summed E-state index contributed by atoms with van der Waals surface area (Å²) in [7, 11) is 0. The van der Waals surface area contributed by atoms with Crippen LogP contribution in [-0.2, 0) is 12.8 Å². The second kappa shape index (κ2) is 7.28. The third-order valence-corrected chi connectivity index (χ3v) is 4.63. The fourth-order valence-electron chi connectivity index (χ4n) is 3.48. The third kappa shape index (κ3) is 3.22. The summed E-state index contributed by atoms with van der Waals surface area (Å²) in [6.07, 6.45) is 11.9. The van der Waals surface area contributed by atoms with Crippen LogP contribution in [0.5, 0.6) is 0 Å². The minimum atomic E-state index is 0.281. The highest BCUT2D eigenvalue weighted by Crippen LogP contribution is 2.39. The fourth-order valence-corrected chi connectivity index (χ4v) is 3.48. The van der Waals surface area contributed by atoms with Crippen LogP contribution in [0.1, 0.15) is 41.5 Å². The van der Waals surface area contributed by atoms with Crippen molar-refractivity contribution >= 4 is 0 Å². The average Bonchev–Trinajstić information content (AvgIpc) is 2.76. The molecule has 0 heterocycles. The minimum absolute atomic E-state index is 0.281. The molecule has 0 nitrogen and oxygen atoms in total. The Morgan fingerprint density at radius 3 is 2.09 bits per heavy atom. The molecule has 1 aliphatic carbocycles. The molecule has 0 spiro atoms. The first kappa shape index (κ1) is 15.6. The number of rotatable bonds is 4. The van der Waals surface area contributed by atoms with Gasteiger partial charge in [0.15, 0.2) is 0 Å². The van der Waals surface area contributed by atoms with E-state index in [-0.39, 0.29) is 5.92 Å². The van der Waals surface area contributed by atoms with Gasteiger partial charge in [-0.3, -0.25) is 0 Å². The molecule has 116 valence electrons. The van der Waals surface area contributed by atoms with Gasteiger partial charge in [-0.25, -0.2) is 0 Å². The highest BCUT2D eigenvalue weighted by molar-refractivity contribution is 5.52. The highest BCUT2D eigenvalue weighted by Gasteiger charge is 2.24. The normalized spacial score (nSPS) is 15.1. The van der Waals surface area contributed by atoms with Crippen LogP contribution in [0.15, 0.2) is 85.0 Å². The zero-order chi connectivity index (χ0) is 16.1. The summed E-state index contributed by atoms with van der Waals surface area (Å²) in [4.78, 5) is 0. The van der Waals surface area contributed by atoms with E-state index >= 15 is 0 Å². The van der Waals surface area contributed by atoms with E-state index in [1.807, 2.05) is 6.08 Å². The predicted octanol–water partition coefficient (Wildman–Crippen LogP) is 6.00. The zero-order valence-corrected chi connectivity index (χ0v) is 13.8. The van der Waals surface area contributed by atoms with Crippen LogP contribution in [0.25, 0.3) is 0 Å². The molecule has 0 heteroatoms. The molecule has 3 rings (SSSR count). The molecule has 0 atom stereocenters. The van der Waals surface area contributed by atoms with Crippen LogP contribution in [-0.4, -0.2) is 0 Å². The lowest BCUT2D eigenvalue weighted by Gasteiger charge is -2.21. The van der Waals surface area contributed by atoms with Crippen LogP contribution in [0.3, 0.4) is 0 Å². The molecule has 2 aromatic carbocycles. The Balaban J connectivity index is 2.18. The number of hydrogen-bond donors (Lipinski definition) is 0. The van der Waals surface area contributed by atoms with Crippen molar-refractivity contribution in [3.8, 4) is 0 Å². The first-order valence-corrected chi connectivity index (χ1v) is 8.50. The molecular formula is C23H24. The Labute approximate surface area is 139 Å². The lowest BCUT2D eigenvalue weighted by molar-refractivity contribution is 0.965. The molecule has 0 amide bonds. The van der Waals surface area contributed by atoms with E-state index in [0.717, 1.165) is 19.3 Å². The Kier molecular flexibility index (Phi) is 4.92. The van der Waals surface area contributed by atoms with Gasteiger partial charge >= 0.3 is 0 Å². The van der Waals surface area contributed by atoms with E-state index in [1.165, 1.54) is 27.8 Å². The summed E-state index contributed by atoms with van der Waals surface area (Å²) in [5.74, 6) is 0.281. The molecule has 0 unspecified atom stereocenters. The van der Waals surface area contributed by atoms with Crippen molar-refractivity contribution in [2.45, 2.75) is 32.1 Å². The molecule has 1 aliphatic rings. The average molecular weight is 300 g/mol. The number of aryl methyl sites for hydroxylation is 2. The summed E-state index contributed by atoms with van der Waals surface area (Å²) in [5, 5.41) is 0. The molecule has 0 bridgehead atoms. The van der Waals surface area contributed by atoms with Crippen LogP contribution >= 0.6 is 0 Å². The van der Waals surface area contributed by atoms with Crippen molar-refractivity contribution in [1.82, 2.24) is 0 Å². The van der Waals surface area contributed by atoms with Crippen molar-refractivity contribution in [3.63, 3.8) is 0 Å². The van der Waals surface area contributed by atoms with E-state index in [9.17, 15) is 0 Å². The van der Waals surface area contributed by atoms with Crippen molar-refractivity contribution in [2.75, 3.05) is 0 Å². The summed E-state index contributed by atoms with van der Waals surface area (Å²) < 4.78 is 0. The van der Waals surface area contributed by atoms with Gasteiger partial charge in [-0.1, -0.05) is 86.3 Å². The molecule has 0 saturated carbocycles. The van der Waals surface area contributed by atoms with Gasteiger partial charge in [0.25, 0.3) is 0 Å². The van der Waals surface area contributed by atoms with E-state index in [2.05, 4.69) is 80.3 Å². The molecule has 0 fully saturated rings. The van der Waals surface area contributed by atoms with Gasteiger partial charge in [0.2, 0.25) is 0 Å². The first-order valence-electron chi connectivity index (χ1n) is 8.50. The fraction of sp³-hybridized carbons (Fsp3) is 0.217. The lowest BCUT2D eigenvalue weighted by Crippen LogP contribution is -2.06. The van der Waals surface area contributed by atoms with Gasteiger partial charge in [-0.05, 0) is 47.1 Å². The Hall–Kier alpha value is -2.34. The quantitative estimate of drug-likeness (QED) is 0.608. The molecule has 0 radical (unpaired) electrons. The molecule has 0 aromatic heterocycles. The second-order valence-electron chi connectivity index (χ2n) is 6.04. The predicted molar refractivity (Wildman–Crippen MR) is 99.8 cm³/mol. The number of hydrogen-bond acceptors (Lipinski definition) is 0. The highest BCUT2D eigenvalue weighted by atomic mass is 14.3. The van der Waals surface area contributed by atoms with E-state index in [0.29, 0.717) is 0 Å². The van der Waals surface area contributed by atoms with E-state index < -0.39 is 0 Å².